The molecule has 0 bridgehead atoms. The summed E-state index contributed by atoms with van der Waals surface area (Å²) in [5, 5.41) is 50.2. The molecule has 0 saturated heterocycles. The van der Waals surface area contributed by atoms with E-state index in [1.165, 1.54) is 89.9 Å². The van der Waals surface area contributed by atoms with Gasteiger partial charge in [0.2, 0.25) is 0 Å². The van der Waals surface area contributed by atoms with E-state index in [0.29, 0.717) is 12.8 Å². The van der Waals surface area contributed by atoms with Gasteiger partial charge in [-0.1, -0.05) is 159 Å². The Morgan fingerprint density at radius 1 is 0.492 bits per heavy atom. The maximum absolute atomic E-state index is 12.8. The Labute approximate surface area is 380 Å². The lowest BCUT2D eigenvalue weighted by molar-refractivity contribution is -0.220. The van der Waals surface area contributed by atoms with Gasteiger partial charge in [-0.05, 0) is 70.6 Å². The van der Waals surface area contributed by atoms with Gasteiger partial charge in [-0.3, -0.25) is 18.6 Å². The van der Waals surface area contributed by atoms with E-state index in [4.69, 9.17) is 18.5 Å². The van der Waals surface area contributed by atoms with Crippen LogP contribution in [0.4, 0.5) is 0 Å². The van der Waals surface area contributed by atoms with E-state index in [1.807, 2.05) is 0 Å². The Morgan fingerprint density at radius 3 is 1.33 bits per heavy atom. The predicted molar refractivity (Wildman–Crippen MR) is 249 cm³/mol. The van der Waals surface area contributed by atoms with Crippen molar-refractivity contribution in [3.63, 3.8) is 0 Å². The van der Waals surface area contributed by atoms with Crippen LogP contribution in [0, 0.1) is 0 Å². The Morgan fingerprint density at radius 2 is 0.857 bits per heavy atom. The van der Waals surface area contributed by atoms with Crippen molar-refractivity contribution in [2.24, 2.45) is 0 Å². The summed E-state index contributed by atoms with van der Waals surface area (Å²) in [6.07, 6.45) is 31.9. The van der Waals surface area contributed by atoms with Crippen LogP contribution in [-0.4, -0.2) is 98.3 Å². The number of hydrogen-bond donors (Lipinski definition) is 6. The van der Waals surface area contributed by atoms with Crippen LogP contribution < -0.4 is 0 Å². The summed E-state index contributed by atoms with van der Waals surface area (Å²) in [5.74, 6) is -1.12. The molecule has 13 nitrogen and oxygen atoms in total. The molecule has 6 unspecified atom stereocenters. The van der Waals surface area contributed by atoms with Crippen molar-refractivity contribution in [3.8, 4) is 0 Å². The molecule has 6 N–H and O–H groups in total. The standard InChI is InChI=1S/C49H89O13P/c1-3-5-7-9-11-13-15-17-19-20-21-22-24-25-27-29-31-33-35-37-42(50)59-39-41(40-60-63(57,58)62-49-47(55)45(53)44(52)46(54)48(49)56)61-43(51)38-36-34-32-30-28-26-23-18-16-14-12-10-8-6-4-2/h12,14,18,20-21,23,41,44-49,52-56H,3-11,13,15-17,19,22,24-40H2,1-2H3,(H,57,58)/b14-12-,21-20-,23-18-/t41-,44?,45-,46?,47?,48?,49?/m1/s1. The summed E-state index contributed by atoms with van der Waals surface area (Å²) in [4.78, 5) is 35.8. The minimum absolute atomic E-state index is 0.0802. The van der Waals surface area contributed by atoms with Gasteiger partial charge >= 0.3 is 19.8 Å². The second kappa shape index (κ2) is 39.3. The molecule has 0 aromatic carbocycles. The smallest absolute Gasteiger partial charge is 0.462 e. The zero-order valence-electron chi connectivity index (χ0n) is 39.1. The fraction of sp³-hybridized carbons (Fsp3) is 0.837. The number of unbranched alkanes of at least 4 members (excludes halogenated alkanes) is 23. The van der Waals surface area contributed by atoms with Crippen LogP contribution in [0.5, 0.6) is 0 Å². The maximum atomic E-state index is 12.8. The number of carbonyl (C=O) groups excluding carboxylic acids is 2. The zero-order valence-corrected chi connectivity index (χ0v) is 40.0. The normalized spacial score (nSPS) is 22.0. The van der Waals surface area contributed by atoms with E-state index in [-0.39, 0.29) is 12.8 Å². The highest BCUT2D eigenvalue weighted by molar-refractivity contribution is 7.47. The van der Waals surface area contributed by atoms with Crippen molar-refractivity contribution in [1.82, 2.24) is 0 Å². The molecule has 14 heteroatoms. The predicted octanol–water partition coefficient (Wildman–Crippen LogP) is 10.2. The fourth-order valence-corrected chi connectivity index (χ4v) is 8.40. The monoisotopic (exact) mass is 917 g/mol. The van der Waals surface area contributed by atoms with Crippen LogP contribution >= 0.6 is 7.82 Å². The van der Waals surface area contributed by atoms with E-state index >= 15 is 0 Å². The Balaban J connectivity index is 2.42. The first-order chi connectivity index (χ1) is 30.4. The summed E-state index contributed by atoms with van der Waals surface area (Å²) in [6, 6.07) is 0. The van der Waals surface area contributed by atoms with Gasteiger partial charge in [-0.15, -0.1) is 0 Å². The Hall–Kier alpha value is -1.93. The van der Waals surface area contributed by atoms with Crippen LogP contribution in [0.1, 0.15) is 206 Å². The molecule has 1 fully saturated rings. The molecule has 0 aromatic rings. The number of carbonyl (C=O) groups is 2. The molecule has 0 radical (unpaired) electrons. The largest absolute Gasteiger partial charge is 0.472 e. The molecule has 0 aliphatic heterocycles. The van der Waals surface area contributed by atoms with Crippen molar-refractivity contribution >= 4 is 19.8 Å². The van der Waals surface area contributed by atoms with Gasteiger partial charge in [0.25, 0.3) is 0 Å². The third-order valence-electron chi connectivity index (χ3n) is 11.5. The number of hydrogen-bond acceptors (Lipinski definition) is 12. The highest BCUT2D eigenvalue weighted by Gasteiger charge is 2.51. The van der Waals surface area contributed by atoms with E-state index in [9.17, 15) is 44.6 Å². The van der Waals surface area contributed by atoms with Crippen LogP contribution in [0.3, 0.4) is 0 Å². The van der Waals surface area contributed by atoms with Crippen molar-refractivity contribution in [2.75, 3.05) is 13.2 Å². The first-order valence-corrected chi connectivity index (χ1v) is 26.3. The first-order valence-electron chi connectivity index (χ1n) is 24.8. The molecule has 0 aromatic heterocycles. The lowest BCUT2D eigenvalue weighted by Crippen LogP contribution is -2.64. The van der Waals surface area contributed by atoms with Gasteiger partial charge in [0, 0.05) is 12.8 Å². The van der Waals surface area contributed by atoms with Gasteiger partial charge in [0.15, 0.2) is 6.10 Å². The fourth-order valence-electron chi connectivity index (χ4n) is 7.43. The van der Waals surface area contributed by atoms with E-state index in [0.717, 1.165) is 77.0 Å². The highest BCUT2D eigenvalue weighted by atomic mass is 31.2. The van der Waals surface area contributed by atoms with Crippen LogP contribution in [0.25, 0.3) is 0 Å². The molecule has 368 valence electrons. The summed E-state index contributed by atoms with van der Waals surface area (Å²) in [5.41, 5.74) is 0. The minimum Gasteiger partial charge on any atom is -0.462 e. The van der Waals surface area contributed by atoms with Gasteiger partial charge in [-0.25, -0.2) is 4.57 Å². The molecule has 0 heterocycles. The zero-order chi connectivity index (χ0) is 46.4. The lowest BCUT2D eigenvalue weighted by Gasteiger charge is -2.41. The minimum atomic E-state index is -5.12. The number of aliphatic hydroxyl groups excluding tert-OH is 5. The number of aliphatic hydroxyl groups is 5. The highest BCUT2D eigenvalue weighted by Crippen LogP contribution is 2.47. The van der Waals surface area contributed by atoms with Gasteiger partial charge in [0.1, 0.15) is 43.2 Å². The second-order valence-corrected chi connectivity index (χ2v) is 18.7. The molecule has 1 aliphatic rings. The van der Waals surface area contributed by atoms with Gasteiger partial charge in [-0.2, -0.15) is 0 Å². The Kier molecular flexibility index (Phi) is 36.8. The third kappa shape index (κ3) is 31.6. The molecule has 1 rings (SSSR count). The molecule has 0 spiro atoms. The molecular formula is C49H89O13P. The van der Waals surface area contributed by atoms with Crippen LogP contribution in [0.2, 0.25) is 0 Å². The average Bonchev–Trinajstić information content (AvgIpc) is 3.26. The molecule has 1 aliphatic carbocycles. The summed E-state index contributed by atoms with van der Waals surface area (Å²) in [7, 11) is -5.12. The SMILES string of the molecule is CCCCC/C=C\C/C=C\CCCCCCCC(=O)O[C@H](COC(=O)CCCCCCCCC/C=C\CCCCCCCCCC)COP(=O)(O)OC1C(O)C(O)C(O)[C@@H](O)C1O. The number of phosphoric acid groups is 1. The molecular weight excluding hydrogens is 828 g/mol. The van der Waals surface area contributed by atoms with Gasteiger partial charge < -0.3 is 39.9 Å². The van der Waals surface area contributed by atoms with E-state index < -0.39 is 75.7 Å². The van der Waals surface area contributed by atoms with Crippen molar-refractivity contribution in [2.45, 2.75) is 249 Å². The third-order valence-corrected chi connectivity index (χ3v) is 12.4. The molecule has 63 heavy (non-hydrogen) atoms. The topological polar surface area (TPSA) is 210 Å². The number of phosphoric ester groups is 1. The van der Waals surface area contributed by atoms with E-state index in [1.54, 1.807) is 0 Å². The summed E-state index contributed by atoms with van der Waals surface area (Å²) >= 11 is 0. The van der Waals surface area contributed by atoms with Crippen LogP contribution in [0.15, 0.2) is 36.5 Å². The summed E-state index contributed by atoms with van der Waals surface area (Å²) < 4.78 is 33.6. The number of esters is 2. The van der Waals surface area contributed by atoms with Crippen molar-refractivity contribution in [3.05, 3.63) is 36.5 Å². The maximum Gasteiger partial charge on any atom is 0.472 e. The molecule has 8 atom stereocenters. The van der Waals surface area contributed by atoms with Crippen molar-refractivity contribution < 1.29 is 63.1 Å². The van der Waals surface area contributed by atoms with Gasteiger partial charge in [0.05, 0.1) is 6.61 Å². The molecule has 1 saturated carbocycles. The number of allylic oxidation sites excluding steroid dienone is 6. The average molecular weight is 917 g/mol. The number of rotatable bonds is 41. The lowest BCUT2D eigenvalue weighted by atomic mass is 9.85. The molecule has 0 amide bonds. The van der Waals surface area contributed by atoms with E-state index in [2.05, 4.69) is 50.3 Å². The summed E-state index contributed by atoms with van der Waals surface area (Å²) in [6.45, 7) is 3.27. The second-order valence-electron chi connectivity index (χ2n) is 17.3. The van der Waals surface area contributed by atoms with Crippen LogP contribution in [-0.2, 0) is 32.7 Å². The number of ether oxygens (including phenoxy) is 2. The Bertz CT molecular complexity index is 1240. The van der Waals surface area contributed by atoms with Crippen molar-refractivity contribution in [1.29, 1.82) is 0 Å². The first kappa shape index (κ1) is 59.1. The quantitative estimate of drug-likeness (QED) is 0.0146.